The number of hydrogen-bond donors (Lipinski definition) is 3. The topological polar surface area (TPSA) is 135 Å². The monoisotopic (exact) mass is 390 g/mol. The van der Waals surface area contributed by atoms with Gasteiger partial charge in [-0.1, -0.05) is 13.8 Å². The number of fused-ring (bicyclic) bond motifs is 2. The fourth-order valence-electron chi connectivity index (χ4n) is 3.98. The van der Waals surface area contributed by atoms with Crippen LogP contribution in [0.2, 0.25) is 0 Å². The Morgan fingerprint density at radius 1 is 1.24 bits per heavy atom. The van der Waals surface area contributed by atoms with Crippen molar-refractivity contribution in [2.45, 2.75) is 38.0 Å². The van der Waals surface area contributed by atoms with Gasteiger partial charge in [-0.25, -0.2) is 8.42 Å². The van der Waals surface area contributed by atoms with Gasteiger partial charge >= 0.3 is 0 Å². The molecule has 3 rings (SSSR count). The first-order valence-corrected chi connectivity index (χ1v) is 9.82. The predicted molar refractivity (Wildman–Crippen MR) is 93.0 cm³/mol. The Kier molecular flexibility index (Phi) is 5.06. The number of aromatic hydroxyl groups is 3. The molecule has 140 valence electrons. The molecule has 0 amide bonds. The molecule has 0 saturated heterocycles. The van der Waals surface area contributed by atoms with E-state index in [-0.39, 0.29) is 28.6 Å². The average molecular weight is 390 g/mol. The zero-order chi connectivity index (χ0) is 19.2. The van der Waals surface area contributed by atoms with Gasteiger partial charge in [0.25, 0.3) is 0 Å². The molecule has 2 fully saturated rings. The van der Waals surface area contributed by atoms with E-state index >= 15 is 0 Å². The van der Waals surface area contributed by atoms with Crippen molar-refractivity contribution in [2.24, 2.45) is 16.7 Å². The summed E-state index contributed by atoms with van der Waals surface area (Å²) in [6, 6.07) is 2.71. The number of carbonyl (C=O) groups is 1. The number of ketones is 1. The van der Waals surface area contributed by atoms with Crippen LogP contribution in [0.15, 0.2) is 17.0 Å². The van der Waals surface area contributed by atoms with Crippen molar-refractivity contribution < 1.29 is 33.1 Å². The third-order valence-electron chi connectivity index (χ3n) is 5.69. The first-order chi connectivity index (χ1) is 11.3. The Hall–Kier alpha value is -1.45. The zero-order valence-electron chi connectivity index (χ0n) is 13.9. The molecule has 2 saturated carbocycles. The van der Waals surface area contributed by atoms with E-state index in [9.17, 15) is 17.8 Å². The summed E-state index contributed by atoms with van der Waals surface area (Å²) >= 11 is 3.01. The van der Waals surface area contributed by atoms with Gasteiger partial charge in [-0.15, -0.1) is 0 Å². The maximum absolute atomic E-state index is 11.8. The molecule has 0 aromatic heterocycles. The van der Waals surface area contributed by atoms with Crippen molar-refractivity contribution in [1.29, 1.82) is 0 Å². The summed E-state index contributed by atoms with van der Waals surface area (Å²) in [6.07, 6.45) is 1.88. The second-order valence-electron chi connectivity index (χ2n) is 7.20. The summed E-state index contributed by atoms with van der Waals surface area (Å²) < 4.78 is 32.7. The predicted octanol–water partition coefficient (Wildman–Crippen LogP) is 1.10. The number of Topliss-reactive ketones (excluding diaryl/α,β-unsaturated/α-hetero) is 1. The molecule has 0 heterocycles. The summed E-state index contributed by atoms with van der Waals surface area (Å²) in [5, 5.41) is 26.6. The lowest BCUT2D eigenvalue weighted by molar-refractivity contribution is -0.128. The fourth-order valence-corrected chi connectivity index (χ4v) is 5.46. The Morgan fingerprint density at radius 2 is 1.84 bits per heavy atom. The molecule has 7 nitrogen and oxygen atoms in total. The van der Waals surface area contributed by atoms with E-state index in [4.69, 9.17) is 15.3 Å². The minimum absolute atomic E-state index is 0.0248. The number of phenolic OH excluding ortho intramolecular Hbond substituents is 3. The van der Waals surface area contributed by atoms with Crippen LogP contribution in [0.4, 0.5) is 0 Å². The summed E-state index contributed by atoms with van der Waals surface area (Å²) in [4.78, 5) is 12.2. The average Bonchev–Trinajstić information content (AvgIpc) is 2.82. The van der Waals surface area contributed by atoms with Crippen LogP contribution in [0, 0.1) is 16.7 Å². The molecule has 2 unspecified atom stereocenters. The van der Waals surface area contributed by atoms with Crippen LogP contribution in [0.25, 0.3) is 0 Å². The quantitative estimate of drug-likeness (QED) is 0.391. The summed E-state index contributed by atoms with van der Waals surface area (Å²) in [5.74, 6) is -1.47. The van der Waals surface area contributed by atoms with Crippen molar-refractivity contribution in [3.05, 3.63) is 12.1 Å². The fraction of sp³-hybridized carbons (Fsp3) is 0.562. The van der Waals surface area contributed by atoms with Gasteiger partial charge in [0.2, 0.25) is 11.5 Å². The molecule has 0 aliphatic heterocycles. The zero-order valence-corrected chi connectivity index (χ0v) is 15.8. The first kappa shape index (κ1) is 19.9. The summed E-state index contributed by atoms with van der Waals surface area (Å²) in [5.41, 5.74) is -1.22. The van der Waals surface area contributed by atoms with Crippen molar-refractivity contribution in [2.75, 3.05) is 5.75 Å². The van der Waals surface area contributed by atoms with Crippen LogP contribution in [0.3, 0.4) is 0 Å². The smallest absolute Gasteiger partial charge is 0.217 e. The molecule has 2 aliphatic carbocycles. The Balaban J connectivity index is 0.000000196. The van der Waals surface area contributed by atoms with Crippen LogP contribution < -0.4 is 0 Å². The molecule has 1 aromatic carbocycles. The van der Waals surface area contributed by atoms with E-state index in [2.05, 4.69) is 12.6 Å². The first-order valence-electron chi connectivity index (χ1n) is 7.74. The van der Waals surface area contributed by atoms with Gasteiger partial charge in [-0.2, -0.15) is 0 Å². The molecular weight excluding hydrogens is 368 g/mol. The second kappa shape index (κ2) is 6.37. The van der Waals surface area contributed by atoms with E-state index in [0.717, 1.165) is 6.42 Å². The van der Waals surface area contributed by atoms with Gasteiger partial charge in [-0.3, -0.25) is 4.79 Å². The van der Waals surface area contributed by atoms with E-state index in [1.165, 1.54) is 12.1 Å². The molecule has 2 bridgehead atoms. The highest BCUT2D eigenvalue weighted by Gasteiger charge is 2.64. The van der Waals surface area contributed by atoms with Crippen LogP contribution in [-0.2, 0) is 27.5 Å². The van der Waals surface area contributed by atoms with Gasteiger partial charge in [-0.05, 0) is 42.9 Å². The van der Waals surface area contributed by atoms with Crippen molar-refractivity contribution in [1.82, 2.24) is 0 Å². The minimum Gasteiger partial charge on any atom is -0.748 e. The molecule has 0 radical (unpaired) electrons. The maximum atomic E-state index is 11.8. The third kappa shape index (κ3) is 3.45. The van der Waals surface area contributed by atoms with Gasteiger partial charge in [0.15, 0.2) is 10.6 Å². The van der Waals surface area contributed by atoms with E-state index in [1.54, 1.807) is 0 Å². The van der Waals surface area contributed by atoms with Crippen molar-refractivity contribution in [3.8, 4) is 17.2 Å². The number of benzene rings is 1. The van der Waals surface area contributed by atoms with Crippen LogP contribution in [-0.4, -0.2) is 39.8 Å². The van der Waals surface area contributed by atoms with Gasteiger partial charge in [0, 0.05) is 17.9 Å². The number of carbonyl (C=O) groups excluding carboxylic acids is 1. The lowest BCUT2D eigenvalue weighted by Crippen LogP contribution is -2.42. The molecule has 3 N–H and O–H groups in total. The molecule has 9 heteroatoms. The van der Waals surface area contributed by atoms with E-state index < -0.39 is 27.0 Å². The largest absolute Gasteiger partial charge is 0.748 e. The van der Waals surface area contributed by atoms with Gasteiger partial charge in [0.1, 0.15) is 5.78 Å². The molecule has 1 aromatic rings. The van der Waals surface area contributed by atoms with Crippen LogP contribution >= 0.6 is 0 Å². The molecule has 25 heavy (non-hydrogen) atoms. The standard InChI is InChI=1S/C10H16O4S.C6H6O3S/c1-9(2)7-3-4-10(9,8(11)5-7)6-15(12,13)14;7-3-1-2-4(10)6(9)5(3)8/h7H,3-6H2,1-2H3,(H,12,13,14);1-2,7-10H. The Labute approximate surface area is 151 Å². The van der Waals surface area contributed by atoms with E-state index in [0.29, 0.717) is 17.7 Å². The van der Waals surface area contributed by atoms with E-state index in [1.807, 2.05) is 13.8 Å². The number of hydrogen-bond acceptors (Lipinski definition) is 7. The third-order valence-corrected chi connectivity index (χ3v) is 6.94. The van der Waals surface area contributed by atoms with Crippen molar-refractivity contribution >= 4 is 28.5 Å². The highest BCUT2D eigenvalue weighted by molar-refractivity contribution is 7.85. The van der Waals surface area contributed by atoms with Crippen LogP contribution in [0.1, 0.15) is 33.1 Å². The van der Waals surface area contributed by atoms with Gasteiger partial charge in [0.05, 0.1) is 15.9 Å². The lowest BCUT2D eigenvalue weighted by Gasteiger charge is -2.37. The minimum atomic E-state index is -4.33. The molecular formula is C16H22O7S2. The highest BCUT2D eigenvalue weighted by Crippen LogP contribution is 2.64. The molecule has 0 spiro atoms. The highest BCUT2D eigenvalue weighted by atomic mass is 32.2. The van der Waals surface area contributed by atoms with Crippen molar-refractivity contribution in [3.63, 3.8) is 0 Å². The maximum Gasteiger partial charge on any atom is 0.217 e. The summed E-state index contributed by atoms with van der Waals surface area (Å²) in [7, 11) is -4.33. The normalized spacial score (nSPS) is 27.0. The SMILES string of the molecule is CC1(C)C2CCC1(CS(=O)(=O)[O-])C(=O)C2.Oc1ccc([SH2+])c(O)c1O. The molecule has 2 atom stereocenters. The lowest BCUT2D eigenvalue weighted by atomic mass is 9.70. The number of phenols is 3. The Bertz CT molecular complexity index is 774. The number of rotatable bonds is 2. The van der Waals surface area contributed by atoms with Gasteiger partial charge < -0.3 is 19.9 Å². The second-order valence-corrected chi connectivity index (χ2v) is 9.14. The Morgan fingerprint density at radius 3 is 2.24 bits per heavy atom. The summed E-state index contributed by atoms with van der Waals surface area (Å²) in [6.45, 7) is 3.83. The molecule has 2 aliphatic rings. The van der Waals surface area contributed by atoms with Crippen LogP contribution in [0.5, 0.6) is 17.2 Å².